The van der Waals surface area contributed by atoms with Crippen molar-refractivity contribution in [3.8, 4) is 0 Å². The zero-order chi connectivity index (χ0) is 13.5. The van der Waals surface area contributed by atoms with Crippen molar-refractivity contribution in [3.63, 3.8) is 0 Å². The molecule has 0 aliphatic rings. The zero-order valence-corrected chi connectivity index (χ0v) is 10.5. The molecule has 6 nitrogen and oxygen atoms in total. The summed E-state index contributed by atoms with van der Waals surface area (Å²) in [5.74, 6) is 0. The predicted molar refractivity (Wildman–Crippen MR) is 62.8 cm³/mol. The Morgan fingerprint density at radius 2 is 2.22 bits per heavy atom. The quantitative estimate of drug-likeness (QED) is 0.741. The van der Waals surface area contributed by atoms with Gasteiger partial charge in [0, 0.05) is 6.54 Å². The van der Waals surface area contributed by atoms with Gasteiger partial charge >= 0.3 is 6.03 Å². The molecule has 102 valence electrons. The molecule has 0 spiro atoms. The van der Waals surface area contributed by atoms with Crippen molar-refractivity contribution in [2.45, 2.75) is 32.3 Å². The molecular weight excluding hydrogens is 266 g/mol. The van der Waals surface area contributed by atoms with Crippen LogP contribution in [0.5, 0.6) is 0 Å². The maximum atomic E-state index is 12.2. The van der Waals surface area contributed by atoms with Gasteiger partial charge in [0.1, 0.15) is 0 Å². The summed E-state index contributed by atoms with van der Waals surface area (Å²) < 4.78 is 24.4. The van der Waals surface area contributed by atoms with Crippen LogP contribution in [0, 0.1) is 0 Å². The SMILES string of the molecule is CCCC(O)CNC(=O)Nc1nnc(C(F)F)s1. The van der Waals surface area contributed by atoms with E-state index in [1.54, 1.807) is 0 Å². The molecule has 0 aliphatic heterocycles. The van der Waals surface area contributed by atoms with E-state index in [1.807, 2.05) is 6.92 Å². The molecule has 2 amide bonds. The van der Waals surface area contributed by atoms with Gasteiger partial charge in [0.2, 0.25) is 5.13 Å². The Hall–Kier alpha value is -1.35. The zero-order valence-electron chi connectivity index (χ0n) is 9.69. The van der Waals surface area contributed by atoms with E-state index < -0.39 is 23.6 Å². The summed E-state index contributed by atoms with van der Waals surface area (Å²) in [6, 6.07) is -0.609. The van der Waals surface area contributed by atoms with Crippen molar-refractivity contribution in [2.24, 2.45) is 0 Å². The first-order valence-corrected chi connectivity index (χ1v) is 6.19. The van der Waals surface area contributed by atoms with Gasteiger partial charge in [-0.1, -0.05) is 24.7 Å². The Bertz CT molecular complexity index is 388. The lowest BCUT2D eigenvalue weighted by Crippen LogP contribution is -2.35. The Kier molecular flexibility index (Phi) is 5.86. The minimum Gasteiger partial charge on any atom is -0.391 e. The summed E-state index contributed by atoms with van der Waals surface area (Å²) in [5.41, 5.74) is 0. The van der Waals surface area contributed by atoms with Crippen LogP contribution in [0.3, 0.4) is 0 Å². The summed E-state index contributed by atoms with van der Waals surface area (Å²) in [4.78, 5) is 11.3. The number of nitrogens with one attached hydrogen (secondary N) is 2. The number of nitrogens with zero attached hydrogens (tertiary/aromatic N) is 2. The third-order valence-corrected chi connectivity index (χ3v) is 2.81. The van der Waals surface area contributed by atoms with Gasteiger partial charge in [0.25, 0.3) is 6.43 Å². The van der Waals surface area contributed by atoms with Crippen molar-refractivity contribution < 1.29 is 18.7 Å². The van der Waals surface area contributed by atoms with Crippen LogP contribution in [0.2, 0.25) is 0 Å². The fraction of sp³-hybridized carbons (Fsp3) is 0.667. The van der Waals surface area contributed by atoms with E-state index in [2.05, 4.69) is 20.8 Å². The molecule has 3 N–H and O–H groups in total. The molecule has 18 heavy (non-hydrogen) atoms. The number of alkyl halides is 2. The lowest BCUT2D eigenvalue weighted by molar-refractivity contribution is 0.150. The molecule has 0 fully saturated rings. The molecule has 9 heteroatoms. The maximum Gasteiger partial charge on any atom is 0.321 e. The van der Waals surface area contributed by atoms with Gasteiger partial charge in [-0.15, -0.1) is 10.2 Å². The topological polar surface area (TPSA) is 87.1 Å². The highest BCUT2D eigenvalue weighted by atomic mass is 32.1. The second kappa shape index (κ2) is 7.17. The number of aliphatic hydroxyl groups is 1. The van der Waals surface area contributed by atoms with Crippen LogP contribution in [0.25, 0.3) is 0 Å². The standard InChI is InChI=1S/C9H14F2N4O2S/c1-2-3-5(16)4-12-8(17)13-9-15-14-7(18-9)6(10)11/h5-6,16H,2-4H2,1H3,(H2,12,13,15,17). The summed E-state index contributed by atoms with van der Waals surface area (Å²) in [5, 5.41) is 20.2. The summed E-state index contributed by atoms with van der Waals surface area (Å²) in [7, 11) is 0. The molecule has 1 aromatic heterocycles. The molecule has 0 bridgehead atoms. The highest BCUT2D eigenvalue weighted by Gasteiger charge is 2.15. The second-order valence-corrected chi connectivity index (χ2v) is 4.53. The third-order valence-electron chi connectivity index (χ3n) is 1.97. The van der Waals surface area contributed by atoms with Crippen LogP contribution < -0.4 is 10.6 Å². The van der Waals surface area contributed by atoms with Crippen molar-refractivity contribution in [1.82, 2.24) is 15.5 Å². The number of aliphatic hydroxyl groups excluding tert-OH is 1. The molecule has 1 rings (SSSR count). The predicted octanol–water partition coefficient (Wildman–Crippen LogP) is 1.76. The van der Waals surface area contributed by atoms with Gasteiger partial charge in [-0.05, 0) is 6.42 Å². The van der Waals surface area contributed by atoms with Crippen molar-refractivity contribution in [3.05, 3.63) is 5.01 Å². The first-order valence-electron chi connectivity index (χ1n) is 5.37. The van der Waals surface area contributed by atoms with E-state index in [4.69, 9.17) is 0 Å². The van der Waals surface area contributed by atoms with Crippen LogP contribution in [-0.2, 0) is 0 Å². The van der Waals surface area contributed by atoms with Gasteiger partial charge in [0.05, 0.1) is 6.10 Å². The summed E-state index contributed by atoms with van der Waals surface area (Å²) in [6.07, 6.45) is -1.94. The first-order chi connectivity index (χ1) is 8.52. The number of hydrogen-bond donors (Lipinski definition) is 3. The van der Waals surface area contributed by atoms with Crippen molar-refractivity contribution in [2.75, 3.05) is 11.9 Å². The number of carbonyl (C=O) groups excluding carboxylic acids is 1. The van der Waals surface area contributed by atoms with E-state index in [9.17, 15) is 18.7 Å². The van der Waals surface area contributed by atoms with Gasteiger partial charge in [0.15, 0.2) is 5.01 Å². The average molecular weight is 280 g/mol. The van der Waals surface area contributed by atoms with Crippen LogP contribution in [-0.4, -0.2) is 34.0 Å². The molecule has 1 heterocycles. The molecular formula is C9H14F2N4O2S. The molecule has 0 aromatic carbocycles. The molecule has 1 unspecified atom stereocenters. The van der Waals surface area contributed by atoms with E-state index in [0.717, 1.165) is 6.42 Å². The average Bonchev–Trinajstić information content (AvgIpc) is 2.75. The Morgan fingerprint density at radius 3 is 2.78 bits per heavy atom. The van der Waals surface area contributed by atoms with Crippen LogP contribution in [0.4, 0.5) is 18.7 Å². The second-order valence-electron chi connectivity index (χ2n) is 3.52. The van der Waals surface area contributed by atoms with Crippen molar-refractivity contribution in [1.29, 1.82) is 0 Å². The molecule has 0 aliphatic carbocycles. The number of carbonyl (C=O) groups is 1. The van der Waals surface area contributed by atoms with E-state index in [1.165, 1.54) is 0 Å². The lowest BCUT2D eigenvalue weighted by Gasteiger charge is -2.10. The van der Waals surface area contributed by atoms with Gasteiger partial charge < -0.3 is 10.4 Å². The fourth-order valence-electron chi connectivity index (χ4n) is 1.16. The Labute approximate surface area is 106 Å². The number of anilines is 1. The van der Waals surface area contributed by atoms with Crippen LogP contribution >= 0.6 is 11.3 Å². The largest absolute Gasteiger partial charge is 0.391 e. The van der Waals surface area contributed by atoms with Crippen LogP contribution in [0.1, 0.15) is 31.2 Å². The number of halogens is 2. The highest BCUT2D eigenvalue weighted by Crippen LogP contribution is 2.24. The lowest BCUT2D eigenvalue weighted by atomic mass is 10.2. The minimum absolute atomic E-state index is 0.00668. The number of hydrogen-bond acceptors (Lipinski definition) is 5. The first kappa shape index (κ1) is 14.7. The number of aromatic nitrogens is 2. The number of amides is 2. The molecule has 0 radical (unpaired) electrons. The van der Waals surface area contributed by atoms with Crippen molar-refractivity contribution >= 4 is 22.5 Å². The number of rotatable bonds is 6. The number of urea groups is 1. The Balaban J connectivity index is 2.35. The Morgan fingerprint density at radius 1 is 1.50 bits per heavy atom. The molecule has 1 atom stereocenters. The third kappa shape index (κ3) is 4.88. The summed E-state index contributed by atoms with van der Waals surface area (Å²) >= 11 is 0.607. The fourth-order valence-corrected chi connectivity index (χ4v) is 1.75. The van der Waals surface area contributed by atoms with Gasteiger partial charge in [-0.2, -0.15) is 0 Å². The highest BCUT2D eigenvalue weighted by molar-refractivity contribution is 7.15. The monoisotopic (exact) mass is 280 g/mol. The maximum absolute atomic E-state index is 12.2. The molecule has 0 saturated carbocycles. The summed E-state index contributed by atoms with van der Waals surface area (Å²) in [6.45, 7) is 2.01. The van der Waals surface area contributed by atoms with Gasteiger partial charge in [-0.3, -0.25) is 5.32 Å². The van der Waals surface area contributed by atoms with Gasteiger partial charge in [-0.25, -0.2) is 13.6 Å². The minimum atomic E-state index is -2.70. The molecule has 0 saturated heterocycles. The smallest absolute Gasteiger partial charge is 0.321 e. The normalized spacial score (nSPS) is 12.5. The van der Waals surface area contributed by atoms with E-state index >= 15 is 0 Å². The van der Waals surface area contributed by atoms with E-state index in [0.29, 0.717) is 17.8 Å². The molecule has 1 aromatic rings. The van der Waals surface area contributed by atoms with Crippen LogP contribution in [0.15, 0.2) is 0 Å². The van der Waals surface area contributed by atoms with E-state index in [-0.39, 0.29) is 11.7 Å².